The number of nitrogens with zero attached hydrogens (tertiary/aromatic N) is 1. The number of nitrogens with two attached hydrogens (primary N) is 1. The standard InChI is InChI=1S/C11H22N2/c1-13(11-6-7-11)10-4-2-9(8-12)3-5-10/h9-11H,2-8,12H2,1H3. The second-order valence-electron chi connectivity index (χ2n) is 4.81. The third kappa shape index (κ3) is 2.23. The fourth-order valence-electron chi connectivity index (χ4n) is 2.57. The maximum absolute atomic E-state index is 5.68. The van der Waals surface area contributed by atoms with Crippen molar-refractivity contribution in [3.63, 3.8) is 0 Å². The molecule has 0 spiro atoms. The zero-order valence-corrected chi connectivity index (χ0v) is 8.71. The molecule has 2 saturated carbocycles. The van der Waals surface area contributed by atoms with Gasteiger partial charge in [0.05, 0.1) is 0 Å². The molecule has 2 aliphatic rings. The minimum Gasteiger partial charge on any atom is -0.330 e. The average molecular weight is 182 g/mol. The van der Waals surface area contributed by atoms with E-state index >= 15 is 0 Å². The van der Waals surface area contributed by atoms with Crippen molar-refractivity contribution < 1.29 is 0 Å². The minimum absolute atomic E-state index is 0.823. The molecule has 0 bridgehead atoms. The lowest BCUT2D eigenvalue weighted by Crippen LogP contribution is -2.37. The first kappa shape index (κ1) is 9.47. The van der Waals surface area contributed by atoms with E-state index in [1.165, 1.54) is 38.5 Å². The van der Waals surface area contributed by atoms with Crippen molar-refractivity contribution in [3.05, 3.63) is 0 Å². The Balaban J connectivity index is 1.76. The van der Waals surface area contributed by atoms with Gasteiger partial charge in [0, 0.05) is 12.1 Å². The monoisotopic (exact) mass is 182 g/mol. The fourth-order valence-corrected chi connectivity index (χ4v) is 2.57. The number of rotatable bonds is 3. The highest BCUT2D eigenvalue weighted by atomic mass is 15.2. The lowest BCUT2D eigenvalue weighted by Gasteiger charge is -2.34. The molecule has 2 heteroatoms. The Bertz CT molecular complexity index is 157. The van der Waals surface area contributed by atoms with Crippen LogP contribution in [-0.4, -0.2) is 30.6 Å². The summed E-state index contributed by atoms with van der Waals surface area (Å²) in [6.07, 6.45) is 8.36. The Morgan fingerprint density at radius 2 is 1.46 bits per heavy atom. The molecule has 13 heavy (non-hydrogen) atoms. The maximum Gasteiger partial charge on any atom is 0.00963 e. The lowest BCUT2D eigenvalue weighted by molar-refractivity contribution is 0.160. The quantitative estimate of drug-likeness (QED) is 0.718. The van der Waals surface area contributed by atoms with Gasteiger partial charge in [-0.2, -0.15) is 0 Å². The molecule has 0 unspecified atom stereocenters. The van der Waals surface area contributed by atoms with Crippen molar-refractivity contribution in [2.75, 3.05) is 13.6 Å². The van der Waals surface area contributed by atoms with E-state index < -0.39 is 0 Å². The molecule has 2 nitrogen and oxygen atoms in total. The van der Waals surface area contributed by atoms with Crippen molar-refractivity contribution in [1.29, 1.82) is 0 Å². The minimum atomic E-state index is 0.823. The van der Waals surface area contributed by atoms with Crippen LogP contribution in [0.25, 0.3) is 0 Å². The van der Waals surface area contributed by atoms with E-state index in [0.29, 0.717) is 0 Å². The van der Waals surface area contributed by atoms with Crippen molar-refractivity contribution in [1.82, 2.24) is 4.90 Å². The summed E-state index contributed by atoms with van der Waals surface area (Å²) in [5, 5.41) is 0. The Kier molecular flexibility index (Phi) is 2.89. The van der Waals surface area contributed by atoms with Gasteiger partial charge in [0.1, 0.15) is 0 Å². The molecule has 0 aromatic rings. The SMILES string of the molecule is CN(C1CCC(CN)CC1)C1CC1. The zero-order chi connectivity index (χ0) is 9.26. The summed E-state index contributed by atoms with van der Waals surface area (Å²) in [6.45, 7) is 0.903. The molecule has 0 radical (unpaired) electrons. The van der Waals surface area contributed by atoms with E-state index in [9.17, 15) is 0 Å². The van der Waals surface area contributed by atoms with Gasteiger partial charge in [-0.25, -0.2) is 0 Å². The lowest BCUT2D eigenvalue weighted by atomic mass is 9.85. The molecule has 0 saturated heterocycles. The largest absolute Gasteiger partial charge is 0.330 e. The van der Waals surface area contributed by atoms with Gasteiger partial charge >= 0.3 is 0 Å². The maximum atomic E-state index is 5.68. The van der Waals surface area contributed by atoms with Gasteiger partial charge in [-0.3, -0.25) is 0 Å². The third-order valence-corrected chi connectivity index (χ3v) is 3.85. The van der Waals surface area contributed by atoms with Crippen LogP contribution in [0.1, 0.15) is 38.5 Å². The van der Waals surface area contributed by atoms with E-state index in [1.54, 1.807) is 0 Å². The normalized spacial score (nSPS) is 35.3. The Labute approximate surface area is 81.5 Å². The second kappa shape index (κ2) is 3.97. The summed E-state index contributed by atoms with van der Waals surface area (Å²) >= 11 is 0. The molecule has 0 aromatic carbocycles. The van der Waals surface area contributed by atoms with Crippen LogP contribution in [0.15, 0.2) is 0 Å². The van der Waals surface area contributed by atoms with Crippen LogP contribution in [0.3, 0.4) is 0 Å². The summed E-state index contributed by atoms with van der Waals surface area (Å²) in [6, 6.07) is 1.80. The predicted octanol–water partition coefficient (Wildman–Crippen LogP) is 1.60. The Morgan fingerprint density at radius 3 is 1.85 bits per heavy atom. The van der Waals surface area contributed by atoms with Crippen LogP contribution >= 0.6 is 0 Å². The first-order valence-electron chi connectivity index (χ1n) is 5.73. The van der Waals surface area contributed by atoms with E-state index in [1.807, 2.05) is 0 Å². The topological polar surface area (TPSA) is 29.3 Å². The first-order valence-corrected chi connectivity index (χ1v) is 5.73. The van der Waals surface area contributed by atoms with Crippen LogP contribution in [0.5, 0.6) is 0 Å². The summed E-state index contributed by atoms with van der Waals surface area (Å²) in [4.78, 5) is 2.62. The molecule has 76 valence electrons. The number of hydrogen-bond donors (Lipinski definition) is 1. The van der Waals surface area contributed by atoms with E-state index in [0.717, 1.165) is 24.5 Å². The van der Waals surface area contributed by atoms with Gasteiger partial charge in [-0.15, -0.1) is 0 Å². The molecule has 0 amide bonds. The first-order chi connectivity index (χ1) is 6.31. The van der Waals surface area contributed by atoms with Crippen LogP contribution < -0.4 is 5.73 Å². The summed E-state index contributed by atoms with van der Waals surface area (Å²) in [5.41, 5.74) is 5.68. The van der Waals surface area contributed by atoms with Crippen LogP contribution in [0, 0.1) is 5.92 Å². The highest BCUT2D eigenvalue weighted by Gasteiger charge is 2.32. The van der Waals surface area contributed by atoms with Crippen molar-refractivity contribution >= 4 is 0 Å². The second-order valence-corrected chi connectivity index (χ2v) is 4.81. The van der Waals surface area contributed by atoms with Gasteiger partial charge < -0.3 is 10.6 Å². The van der Waals surface area contributed by atoms with Crippen LogP contribution in [-0.2, 0) is 0 Å². The molecule has 2 rings (SSSR count). The van der Waals surface area contributed by atoms with Crippen LogP contribution in [0.4, 0.5) is 0 Å². The van der Waals surface area contributed by atoms with Gasteiger partial charge in [0.2, 0.25) is 0 Å². The zero-order valence-electron chi connectivity index (χ0n) is 8.71. The van der Waals surface area contributed by atoms with E-state index in [4.69, 9.17) is 5.73 Å². The van der Waals surface area contributed by atoms with Gasteiger partial charge in [-0.05, 0) is 58.0 Å². The molecule has 2 N–H and O–H groups in total. The Morgan fingerprint density at radius 1 is 1.00 bits per heavy atom. The van der Waals surface area contributed by atoms with Crippen molar-refractivity contribution in [2.24, 2.45) is 11.7 Å². The molecule has 0 aliphatic heterocycles. The molecule has 0 aromatic heterocycles. The highest BCUT2D eigenvalue weighted by Crippen LogP contribution is 2.33. The molecular weight excluding hydrogens is 160 g/mol. The fraction of sp³-hybridized carbons (Fsp3) is 1.00. The number of hydrogen-bond acceptors (Lipinski definition) is 2. The molecular formula is C11H22N2. The van der Waals surface area contributed by atoms with Gasteiger partial charge in [-0.1, -0.05) is 0 Å². The smallest absolute Gasteiger partial charge is 0.00963 e. The Hall–Kier alpha value is -0.0800. The third-order valence-electron chi connectivity index (χ3n) is 3.85. The van der Waals surface area contributed by atoms with Crippen LogP contribution in [0.2, 0.25) is 0 Å². The van der Waals surface area contributed by atoms with Crippen molar-refractivity contribution in [3.8, 4) is 0 Å². The predicted molar refractivity (Wildman–Crippen MR) is 55.6 cm³/mol. The average Bonchev–Trinajstić information content (AvgIpc) is 3.00. The highest BCUT2D eigenvalue weighted by molar-refractivity contribution is 4.88. The summed E-state index contributed by atoms with van der Waals surface area (Å²) in [7, 11) is 2.31. The molecule has 0 heterocycles. The van der Waals surface area contributed by atoms with Gasteiger partial charge in [0.25, 0.3) is 0 Å². The summed E-state index contributed by atoms with van der Waals surface area (Å²) in [5.74, 6) is 0.823. The van der Waals surface area contributed by atoms with Crippen molar-refractivity contribution in [2.45, 2.75) is 50.6 Å². The van der Waals surface area contributed by atoms with E-state index in [-0.39, 0.29) is 0 Å². The molecule has 2 fully saturated rings. The molecule has 0 atom stereocenters. The summed E-state index contributed by atoms with van der Waals surface area (Å²) < 4.78 is 0. The van der Waals surface area contributed by atoms with E-state index in [2.05, 4.69) is 11.9 Å². The molecule has 2 aliphatic carbocycles. The van der Waals surface area contributed by atoms with Gasteiger partial charge in [0.15, 0.2) is 0 Å².